The second-order valence-electron chi connectivity index (χ2n) is 6.92. The molecular formula is C17H37Cl2NO. The highest BCUT2D eigenvalue weighted by Crippen LogP contribution is 2.12. The SMILES string of the molecule is CC(O)C[N+](C)(C)CCCCCCCCCCCCCl.[Cl-]. The predicted molar refractivity (Wildman–Crippen MR) is 90.4 cm³/mol. The van der Waals surface area contributed by atoms with Gasteiger partial charge in [0.05, 0.1) is 20.6 Å². The van der Waals surface area contributed by atoms with Crippen molar-refractivity contribution in [3.63, 3.8) is 0 Å². The standard InChI is InChI=1S/C17H37ClNO.ClH/c1-17(20)16-19(2,3)15-13-11-9-7-5-4-6-8-10-12-14-18;/h17,20H,4-16H2,1-3H3;1H/q+1;/p-1. The van der Waals surface area contributed by atoms with Crippen LogP contribution in [-0.4, -0.2) is 48.8 Å². The van der Waals surface area contributed by atoms with Crippen LogP contribution in [0.15, 0.2) is 0 Å². The molecule has 0 saturated carbocycles. The number of aliphatic hydroxyl groups is 1. The summed E-state index contributed by atoms with van der Waals surface area (Å²) in [6.45, 7) is 3.93. The molecule has 0 bridgehead atoms. The molecule has 0 amide bonds. The van der Waals surface area contributed by atoms with E-state index in [0.29, 0.717) is 0 Å². The van der Waals surface area contributed by atoms with Gasteiger partial charge in [0.2, 0.25) is 0 Å². The van der Waals surface area contributed by atoms with Crippen LogP contribution in [-0.2, 0) is 0 Å². The minimum Gasteiger partial charge on any atom is -1.00 e. The maximum absolute atomic E-state index is 9.44. The Balaban J connectivity index is 0. The Kier molecular flexibility index (Phi) is 17.4. The first-order valence-corrected chi connectivity index (χ1v) is 9.07. The molecule has 0 radical (unpaired) electrons. The van der Waals surface area contributed by atoms with Crippen LogP contribution in [0.1, 0.15) is 71.1 Å². The number of likely N-dealkylation sites (N-methyl/N-ethyl adjacent to an activating group) is 1. The van der Waals surface area contributed by atoms with Gasteiger partial charge in [-0.3, -0.25) is 0 Å². The third-order valence-corrected chi connectivity index (χ3v) is 4.17. The van der Waals surface area contributed by atoms with Gasteiger partial charge in [0.1, 0.15) is 12.6 Å². The molecule has 0 saturated heterocycles. The first kappa shape index (κ1) is 23.8. The van der Waals surface area contributed by atoms with Gasteiger partial charge in [0.15, 0.2) is 0 Å². The molecule has 0 aromatic rings. The molecule has 0 aliphatic heterocycles. The Morgan fingerprint density at radius 2 is 1.19 bits per heavy atom. The lowest BCUT2D eigenvalue weighted by Crippen LogP contribution is -3.00. The number of unbranched alkanes of at least 4 members (excludes halogenated alkanes) is 9. The van der Waals surface area contributed by atoms with Crippen LogP contribution in [0.5, 0.6) is 0 Å². The van der Waals surface area contributed by atoms with Crippen molar-refractivity contribution in [1.29, 1.82) is 0 Å². The minimum absolute atomic E-state index is 0. The van der Waals surface area contributed by atoms with Crippen LogP contribution in [0, 0.1) is 0 Å². The van der Waals surface area contributed by atoms with Crippen LogP contribution in [0.4, 0.5) is 0 Å². The highest BCUT2D eigenvalue weighted by molar-refractivity contribution is 6.17. The predicted octanol–water partition coefficient (Wildman–Crippen LogP) is 1.59. The van der Waals surface area contributed by atoms with Crippen LogP contribution in [0.2, 0.25) is 0 Å². The average Bonchev–Trinajstić information content (AvgIpc) is 2.34. The van der Waals surface area contributed by atoms with Gasteiger partial charge in [-0.15, -0.1) is 11.6 Å². The molecule has 0 aliphatic carbocycles. The summed E-state index contributed by atoms with van der Waals surface area (Å²) in [6.07, 6.45) is 13.2. The van der Waals surface area contributed by atoms with Gasteiger partial charge < -0.3 is 22.0 Å². The van der Waals surface area contributed by atoms with E-state index in [1.165, 1.54) is 70.8 Å². The lowest BCUT2D eigenvalue weighted by Gasteiger charge is -2.31. The third-order valence-electron chi connectivity index (χ3n) is 3.91. The van der Waals surface area contributed by atoms with E-state index >= 15 is 0 Å². The van der Waals surface area contributed by atoms with Crippen molar-refractivity contribution >= 4 is 11.6 Å². The van der Waals surface area contributed by atoms with E-state index in [1.54, 1.807) is 0 Å². The number of rotatable bonds is 14. The van der Waals surface area contributed by atoms with Crippen molar-refractivity contribution in [2.45, 2.75) is 77.2 Å². The molecule has 0 rings (SSSR count). The zero-order valence-electron chi connectivity index (χ0n) is 14.4. The quantitative estimate of drug-likeness (QED) is 0.289. The Labute approximate surface area is 144 Å². The normalized spacial score (nSPS) is 13.0. The zero-order chi connectivity index (χ0) is 15.3. The number of hydrogen-bond donors (Lipinski definition) is 1. The minimum atomic E-state index is -0.191. The molecule has 130 valence electrons. The summed E-state index contributed by atoms with van der Waals surface area (Å²) in [7, 11) is 4.43. The van der Waals surface area contributed by atoms with Crippen molar-refractivity contribution in [3.05, 3.63) is 0 Å². The molecule has 0 aromatic heterocycles. The monoisotopic (exact) mass is 341 g/mol. The number of halogens is 2. The second kappa shape index (κ2) is 15.4. The van der Waals surface area contributed by atoms with Gasteiger partial charge in [-0.1, -0.05) is 44.9 Å². The fourth-order valence-electron chi connectivity index (χ4n) is 2.86. The molecular weight excluding hydrogens is 305 g/mol. The molecule has 0 aliphatic rings. The van der Waals surface area contributed by atoms with Crippen molar-refractivity contribution < 1.29 is 22.0 Å². The van der Waals surface area contributed by atoms with E-state index in [0.717, 1.165) is 16.9 Å². The highest BCUT2D eigenvalue weighted by Gasteiger charge is 2.16. The molecule has 0 fully saturated rings. The van der Waals surface area contributed by atoms with Crippen LogP contribution in [0.25, 0.3) is 0 Å². The molecule has 0 heterocycles. The fraction of sp³-hybridized carbons (Fsp3) is 1.00. The summed E-state index contributed by atoms with van der Waals surface area (Å²) < 4.78 is 0.943. The maximum Gasteiger partial charge on any atom is 0.104 e. The van der Waals surface area contributed by atoms with Crippen molar-refractivity contribution in [2.75, 3.05) is 33.1 Å². The van der Waals surface area contributed by atoms with Crippen LogP contribution < -0.4 is 12.4 Å². The van der Waals surface area contributed by atoms with E-state index in [9.17, 15) is 5.11 Å². The zero-order valence-corrected chi connectivity index (χ0v) is 15.9. The Bertz CT molecular complexity index is 211. The smallest absolute Gasteiger partial charge is 0.104 e. The number of aliphatic hydroxyl groups excluding tert-OH is 1. The largest absolute Gasteiger partial charge is 1.00 e. The van der Waals surface area contributed by atoms with Crippen molar-refractivity contribution in [3.8, 4) is 0 Å². The molecule has 1 unspecified atom stereocenters. The van der Waals surface area contributed by atoms with Gasteiger partial charge in [0.25, 0.3) is 0 Å². The number of hydrogen-bond acceptors (Lipinski definition) is 1. The summed E-state index contributed by atoms with van der Waals surface area (Å²) in [4.78, 5) is 0. The molecule has 1 N–H and O–H groups in total. The van der Waals surface area contributed by atoms with E-state index < -0.39 is 0 Å². The van der Waals surface area contributed by atoms with Gasteiger partial charge in [0, 0.05) is 5.88 Å². The average molecular weight is 342 g/mol. The number of alkyl halides is 1. The number of quaternary nitrogens is 1. The van der Waals surface area contributed by atoms with E-state index in [4.69, 9.17) is 11.6 Å². The van der Waals surface area contributed by atoms with Crippen LogP contribution >= 0.6 is 11.6 Å². The van der Waals surface area contributed by atoms with Crippen molar-refractivity contribution in [2.24, 2.45) is 0 Å². The molecule has 0 spiro atoms. The topological polar surface area (TPSA) is 20.2 Å². The first-order valence-electron chi connectivity index (χ1n) is 8.54. The first-order chi connectivity index (χ1) is 9.48. The van der Waals surface area contributed by atoms with Crippen molar-refractivity contribution in [1.82, 2.24) is 0 Å². The van der Waals surface area contributed by atoms with Crippen LogP contribution in [0.3, 0.4) is 0 Å². The summed E-state index contributed by atoms with van der Waals surface area (Å²) in [5.41, 5.74) is 0. The van der Waals surface area contributed by atoms with Gasteiger partial charge in [-0.25, -0.2) is 0 Å². The van der Waals surface area contributed by atoms with Gasteiger partial charge in [-0.05, 0) is 26.2 Å². The van der Waals surface area contributed by atoms with Gasteiger partial charge in [-0.2, -0.15) is 0 Å². The molecule has 1 atom stereocenters. The summed E-state index contributed by atoms with van der Waals surface area (Å²) >= 11 is 5.66. The lowest BCUT2D eigenvalue weighted by molar-refractivity contribution is -0.893. The maximum atomic E-state index is 9.44. The van der Waals surface area contributed by atoms with E-state index in [2.05, 4.69) is 14.1 Å². The fourth-order valence-corrected chi connectivity index (χ4v) is 3.04. The van der Waals surface area contributed by atoms with Gasteiger partial charge >= 0.3 is 0 Å². The summed E-state index contributed by atoms with van der Waals surface area (Å²) in [5.74, 6) is 0.823. The third kappa shape index (κ3) is 18.5. The molecule has 21 heavy (non-hydrogen) atoms. The second-order valence-corrected chi connectivity index (χ2v) is 7.29. The number of nitrogens with zero attached hydrogens (tertiary/aromatic N) is 1. The Morgan fingerprint density at radius 3 is 1.57 bits per heavy atom. The highest BCUT2D eigenvalue weighted by atomic mass is 35.5. The molecule has 0 aromatic carbocycles. The lowest BCUT2D eigenvalue weighted by atomic mass is 10.1. The molecule has 4 heteroatoms. The van der Waals surface area contributed by atoms with E-state index in [1.807, 2.05) is 6.92 Å². The molecule has 2 nitrogen and oxygen atoms in total. The summed E-state index contributed by atoms with van der Waals surface area (Å²) in [5, 5.41) is 9.44. The Morgan fingerprint density at radius 1 is 0.810 bits per heavy atom. The Hall–Kier alpha value is 0.500. The summed E-state index contributed by atoms with van der Waals surface area (Å²) in [6, 6.07) is 0. The van der Waals surface area contributed by atoms with E-state index in [-0.39, 0.29) is 18.5 Å².